The van der Waals surface area contributed by atoms with Crippen LogP contribution in [0.25, 0.3) is 6.08 Å². The third kappa shape index (κ3) is 5.30. The summed E-state index contributed by atoms with van der Waals surface area (Å²) in [5.41, 5.74) is 0.497. The summed E-state index contributed by atoms with van der Waals surface area (Å²) in [4.78, 5) is 37.6. The van der Waals surface area contributed by atoms with E-state index >= 15 is 0 Å². The Morgan fingerprint density at radius 3 is 2.71 bits per heavy atom. The third-order valence-electron chi connectivity index (χ3n) is 3.38. The van der Waals surface area contributed by atoms with Crippen LogP contribution in [0.5, 0.6) is 11.5 Å². The number of hydrogen-bond donors (Lipinski definition) is 0. The highest BCUT2D eigenvalue weighted by Gasteiger charge is 2.37. The van der Waals surface area contributed by atoms with Gasteiger partial charge in [-0.3, -0.25) is 19.3 Å². The summed E-state index contributed by atoms with van der Waals surface area (Å²) in [5, 5.41) is -0.551. The number of methoxy groups -OCH3 is 1. The lowest BCUT2D eigenvalue weighted by Crippen LogP contribution is -2.35. The minimum Gasteiger partial charge on any atom is -0.493 e. The Morgan fingerprint density at radius 1 is 1.39 bits per heavy atom. The molecule has 148 valence electrons. The number of esters is 1. The average molecular weight is 468 g/mol. The minimum atomic E-state index is -0.652. The Balaban J connectivity index is 2.34. The van der Waals surface area contributed by atoms with Gasteiger partial charge in [0.05, 0.1) is 18.1 Å². The van der Waals surface area contributed by atoms with Gasteiger partial charge >= 0.3 is 5.97 Å². The van der Waals surface area contributed by atoms with Gasteiger partial charge < -0.3 is 14.2 Å². The number of rotatable bonds is 7. The molecule has 1 fully saturated rings. The normalized spacial score (nSPS) is 15.1. The minimum absolute atomic E-state index is 0.00134. The van der Waals surface area contributed by atoms with Crippen LogP contribution in [0.4, 0.5) is 4.79 Å². The zero-order valence-electron chi connectivity index (χ0n) is 15.5. The van der Waals surface area contributed by atoms with Gasteiger partial charge in [-0.05, 0) is 43.8 Å². The van der Waals surface area contributed by atoms with E-state index in [1.165, 1.54) is 13.2 Å². The fourth-order valence-electron chi connectivity index (χ4n) is 2.32. The average Bonchev–Trinajstić information content (AvgIpc) is 2.87. The van der Waals surface area contributed by atoms with Crippen LogP contribution in [0.15, 0.2) is 21.5 Å². The quantitative estimate of drug-likeness (QED) is 0.345. The van der Waals surface area contributed by atoms with Gasteiger partial charge in [0.1, 0.15) is 13.2 Å². The Morgan fingerprint density at radius 2 is 2.11 bits per heavy atom. The number of amides is 2. The molecule has 1 aliphatic heterocycles. The first-order valence-corrected chi connectivity index (χ1v) is 9.76. The van der Waals surface area contributed by atoms with Gasteiger partial charge in [-0.25, -0.2) is 0 Å². The Kier molecular flexibility index (Phi) is 7.54. The third-order valence-corrected chi connectivity index (χ3v) is 4.75. The predicted molar refractivity (Wildman–Crippen MR) is 109 cm³/mol. The molecule has 9 heteroatoms. The second kappa shape index (κ2) is 9.66. The van der Waals surface area contributed by atoms with Crippen molar-refractivity contribution in [2.45, 2.75) is 20.0 Å². The number of benzene rings is 1. The molecule has 7 nitrogen and oxygen atoms in total. The molecule has 2 amide bonds. The second-order valence-corrected chi connectivity index (χ2v) is 7.73. The van der Waals surface area contributed by atoms with Crippen molar-refractivity contribution < 1.29 is 28.6 Å². The van der Waals surface area contributed by atoms with Crippen LogP contribution in [-0.4, -0.2) is 48.4 Å². The molecule has 1 aromatic rings. The SMILES string of the molecule is C#CCOc1c(/C=C2/SC(=O)N(CC(=O)OC(C)C)C2=O)cc(Br)cc1OC. The highest BCUT2D eigenvalue weighted by Crippen LogP contribution is 2.39. The zero-order valence-corrected chi connectivity index (χ0v) is 17.9. The molecule has 1 aliphatic rings. The molecule has 1 heterocycles. The summed E-state index contributed by atoms with van der Waals surface area (Å²) in [6, 6.07) is 3.40. The lowest BCUT2D eigenvalue weighted by Gasteiger charge is -2.14. The molecular formula is C19H18BrNO6S. The van der Waals surface area contributed by atoms with E-state index in [1.54, 1.807) is 26.0 Å². The molecule has 28 heavy (non-hydrogen) atoms. The molecular weight excluding hydrogens is 450 g/mol. The fourth-order valence-corrected chi connectivity index (χ4v) is 3.61. The highest BCUT2D eigenvalue weighted by molar-refractivity contribution is 9.10. The van der Waals surface area contributed by atoms with E-state index in [-0.39, 0.29) is 17.6 Å². The van der Waals surface area contributed by atoms with Crippen molar-refractivity contribution in [3.05, 3.63) is 27.1 Å². The number of imide groups is 1. The lowest BCUT2D eigenvalue weighted by molar-refractivity contribution is -0.149. The smallest absolute Gasteiger partial charge is 0.326 e. The molecule has 1 aromatic carbocycles. The molecule has 0 aromatic heterocycles. The van der Waals surface area contributed by atoms with Crippen LogP contribution in [0, 0.1) is 12.3 Å². The van der Waals surface area contributed by atoms with E-state index in [2.05, 4.69) is 21.9 Å². The largest absolute Gasteiger partial charge is 0.493 e. The fraction of sp³-hybridized carbons (Fsp3) is 0.316. The summed E-state index contributed by atoms with van der Waals surface area (Å²) in [5.74, 6) is 1.88. The number of thioether (sulfide) groups is 1. The molecule has 1 saturated heterocycles. The van der Waals surface area contributed by atoms with Gasteiger partial charge in [0.15, 0.2) is 11.5 Å². The number of carbonyl (C=O) groups excluding carboxylic acids is 3. The van der Waals surface area contributed by atoms with Crippen LogP contribution in [-0.2, 0) is 14.3 Å². The summed E-state index contributed by atoms with van der Waals surface area (Å²) in [6.45, 7) is 2.93. The Labute approximate surface area is 175 Å². The molecule has 2 rings (SSSR count). The van der Waals surface area contributed by atoms with Gasteiger partial charge in [-0.2, -0.15) is 0 Å². The number of halogens is 1. The summed E-state index contributed by atoms with van der Waals surface area (Å²) in [7, 11) is 1.47. The van der Waals surface area contributed by atoms with Crippen LogP contribution in [0.1, 0.15) is 19.4 Å². The number of hydrogen-bond acceptors (Lipinski definition) is 7. The first-order chi connectivity index (χ1) is 13.3. The van der Waals surface area contributed by atoms with Crippen LogP contribution < -0.4 is 9.47 Å². The molecule has 0 atom stereocenters. The topological polar surface area (TPSA) is 82.1 Å². The number of ether oxygens (including phenoxy) is 3. The van der Waals surface area contributed by atoms with E-state index in [4.69, 9.17) is 20.6 Å². The van der Waals surface area contributed by atoms with Gasteiger partial charge in [-0.1, -0.05) is 21.9 Å². The van der Waals surface area contributed by atoms with Crippen molar-refractivity contribution in [1.29, 1.82) is 0 Å². The number of nitrogens with zero attached hydrogens (tertiary/aromatic N) is 1. The number of terminal acetylenes is 1. The van der Waals surface area contributed by atoms with Gasteiger partial charge in [-0.15, -0.1) is 6.42 Å². The molecule has 0 unspecified atom stereocenters. The van der Waals surface area contributed by atoms with E-state index in [0.29, 0.717) is 21.5 Å². The predicted octanol–water partition coefficient (Wildman–Crippen LogP) is 3.46. The first kappa shape index (κ1) is 21.9. The maximum Gasteiger partial charge on any atom is 0.326 e. The highest BCUT2D eigenvalue weighted by atomic mass is 79.9. The van der Waals surface area contributed by atoms with Crippen molar-refractivity contribution in [2.75, 3.05) is 20.3 Å². The lowest BCUT2D eigenvalue weighted by atomic mass is 10.1. The maximum atomic E-state index is 12.6. The monoisotopic (exact) mass is 467 g/mol. The second-order valence-electron chi connectivity index (χ2n) is 5.83. The summed E-state index contributed by atoms with van der Waals surface area (Å²) >= 11 is 4.09. The molecule has 0 N–H and O–H groups in total. The van der Waals surface area contributed by atoms with Crippen molar-refractivity contribution in [2.24, 2.45) is 0 Å². The van der Waals surface area contributed by atoms with E-state index in [9.17, 15) is 14.4 Å². The zero-order chi connectivity index (χ0) is 20.8. The standard InChI is InChI=1S/C19H18BrNO6S/c1-5-6-26-17-12(7-13(20)9-14(17)25-4)8-15-18(23)21(19(24)28-15)10-16(22)27-11(2)3/h1,7-9,11H,6,10H2,2-4H3/b15-8+. The van der Waals surface area contributed by atoms with E-state index in [1.807, 2.05) is 0 Å². The Bertz CT molecular complexity index is 874. The van der Waals surface area contributed by atoms with E-state index in [0.717, 1.165) is 16.7 Å². The summed E-state index contributed by atoms with van der Waals surface area (Å²) < 4.78 is 16.5. The molecule has 0 aliphatic carbocycles. The molecule has 0 bridgehead atoms. The first-order valence-electron chi connectivity index (χ1n) is 8.15. The molecule has 0 saturated carbocycles. The van der Waals surface area contributed by atoms with Gasteiger partial charge in [0, 0.05) is 10.0 Å². The molecule has 0 spiro atoms. The van der Waals surface area contributed by atoms with Crippen molar-refractivity contribution in [3.8, 4) is 23.8 Å². The van der Waals surface area contributed by atoms with Crippen molar-refractivity contribution in [1.82, 2.24) is 4.90 Å². The van der Waals surface area contributed by atoms with Crippen LogP contribution >= 0.6 is 27.7 Å². The van der Waals surface area contributed by atoms with Crippen LogP contribution in [0.2, 0.25) is 0 Å². The Hall–Kier alpha value is -2.44. The summed E-state index contributed by atoms with van der Waals surface area (Å²) in [6.07, 6.45) is 6.41. The van der Waals surface area contributed by atoms with Gasteiger partial charge in [0.2, 0.25) is 0 Å². The maximum absolute atomic E-state index is 12.6. The van der Waals surface area contributed by atoms with Crippen molar-refractivity contribution >= 4 is 50.9 Å². The van der Waals surface area contributed by atoms with Gasteiger partial charge in [0.25, 0.3) is 11.1 Å². The van der Waals surface area contributed by atoms with E-state index < -0.39 is 23.7 Å². The molecule has 0 radical (unpaired) electrons. The van der Waals surface area contributed by atoms with Crippen LogP contribution in [0.3, 0.4) is 0 Å². The van der Waals surface area contributed by atoms with Crippen molar-refractivity contribution in [3.63, 3.8) is 0 Å². The number of carbonyl (C=O) groups is 3.